The van der Waals surface area contributed by atoms with E-state index in [1.165, 1.54) is 12.3 Å². The third kappa shape index (κ3) is 4.74. The van der Waals surface area contributed by atoms with Crippen LogP contribution in [0.1, 0.15) is 23.8 Å². The first kappa shape index (κ1) is 22.9. The molecule has 4 amide bonds. The van der Waals surface area contributed by atoms with Crippen LogP contribution in [-0.2, 0) is 28.2 Å². The molecule has 0 saturated carbocycles. The number of benzene rings is 2. The van der Waals surface area contributed by atoms with Gasteiger partial charge < -0.3 is 14.6 Å². The number of rotatable bonds is 7. The molecular formula is C24H21Cl2N3O4. The summed E-state index contributed by atoms with van der Waals surface area (Å²) in [5, 5.41) is 3.32. The number of amides is 4. The SMILES string of the molecule is CC1(c2ccc(Cl)cc2Cl)NC(=O)N(CC(=O)N(Cc2ccccc2)Cc2ccco2)C1=O. The van der Waals surface area contributed by atoms with Crippen LogP contribution in [0.2, 0.25) is 10.0 Å². The van der Waals surface area contributed by atoms with Gasteiger partial charge in [0.05, 0.1) is 12.8 Å². The third-order valence-corrected chi connectivity index (χ3v) is 6.08. The first-order valence-corrected chi connectivity index (χ1v) is 11.0. The molecular weight excluding hydrogens is 465 g/mol. The maximum absolute atomic E-state index is 13.3. The van der Waals surface area contributed by atoms with Crippen molar-refractivity contribution in [2.75, 3.05) is 6.54 Å². The molecule has 9 heteroatoms. The standard InChI is InChI=1S/C24H21Cl2N3O4/c1-24(19-10-9-17(25)12-20(19)26)22(31)29(23(32)27-24)15-21(30)28(14-18-8-5-11-33-18)13-16-6-3-2-4-7-16/h2-12H,13-15H2,1H3,(H,27,32). The van der Waals surface area contributed by atoms with Crippen molar-refractivity contribution < 1.29 is 18.8 Å². The Labute approximate surface area is 200 Å². The maximum Gasteiger partial charge on any atom is 0.325 e. The zero-order valence-electron chi connectivity index (χ0n) is 17.8. The second kappa shape index (κ2) is 9.29. The lowest BCUT2D eigenvalue weighted by Gasteiger charge is -2.25. The molecule has 1 atom stereocenters. The number of hydrogen-bond acceptors (Lipinski definition) is 4. The van der Waals surface area contributed by atoms with Crippen molar-refractivity contribution in [3.8, 4) is 0 Å². The van der Waals surface area contributed by atoms with Crippen LogP contribution in [0.25, 0.3) is 0 Å². The molecule has 1 aliphatic heterocycles. The molecule has 1 aliphatic rings. The number of urea groups is 1. The van der Waals surface area contributed by atoms with Crippen molar-refractivity contribution in [2.24, 2.45) is 0 Å². The Morgan fingerprint density at radius 1 is 1.06 bits per heavy atom. The minimum atomic E-state index is -1.41. The normalized spacial score (nSPS) is 17.8. The zero-order valence-corrected chi connectivity index (χ0v) is 19.3. The molecule has 170 valence electrons. The molecule has 2 aromatic carbocycles. The van der Waals surface area contributed by atoms with E-state index in [9.17, 15) is 14.4 Å². The molecule has 1 aromatic heterocycles. The molecule has 33 heavy (non-hydrogen) atoms. The van der Waals surface area contributed by atoms with Gasteiger partial charge in [0.2, 0.25) is 5.91 Å². The summed E-state index contributed by atoms with van der Waals surface area (Å²) in [4.78, 5) is 41.7. The number of imide groups is 1. The van der Waals surface area contributed by atoms with Crippen molar-refractivity contribution in [1.82, 2.24) is 15.1 Å². The van der Waals surface area contributed by atoms with Gasteiger partial charge in [-0.3, -0.25) is 14.5 Å². The molecule has 0 radical (unpaired) electrons. The Kier molecular flexibility index (Phi) is 6.44. The minimum Gasteiger partial charge on any atom is -0.467 e. The second-order valence-corrected chi connectivity index (χ2v) is 8.73. The molecule has 1 saturated heterocycles. The number of nitrogens with one attached hydrogen (secondary N) is 1. The first-order valence-electron chi connectivity index (χ1n) is 10.2. The molecule has 3 aromatic rings. The summed E-state index contributed by atoms with van der Waals surface area (Å²) >= 11 is 12.3. The summed E-state index contributed by atoms with van der Waals surface area (Å²) in [7, 11) is 0. The molecule has 0 aliphatic carbocycles. The van der Waals surface area contributed by atoms with Crippen molar-refractivity contribution in [2.45, 2.75) is 25.6 Å². The van der Waals surface area contributed by atoms with Crippen LogP contribution in [-0.4, -0.2) is 34.2 Å². The lowest BCUT2D eigenvalue weighted by atomic mass is 9.92. The van der Waals surface area contributed by atoms with Gasteiger partial charge in [0.15, 0.2) is 0 Å². The van der Waals surface area contributed by atoms with E-state index in [0.717, 1.165) is 10.5 Å². The topological polar surface area (TPSA) is 82.9 Å². The van der Waals surface area contributed by atoms with Gasteiger partial charge in [-0.05, 0) is 36.8 Å². The summed E-state index contributed by atoms with van der Waals surface area (Å²) in [6.07, 6.45) is 1.53. The predicted molar refractivity (Wildman–Crippen MR) is 123 cm³/mol. The number of nitrogens with zero attached hydrogens (tertiary/aromatic N) is 2. The smallest absolute Gasteiger partial charge is 0.325 e. The molecule has 2 heterocycles. The van der Waals surface area contributed by atoms with Crippen LogP contribution in [0.3, 0.4) is 0 Å². The van der Waals surface area contributed by atoms with Crippen LogP contribution >= 0.6 is 23.2 Å². The summed E-state index contributed by atoms with van der Waals surface area (Å²) < 4.78 is 5.40. The molecule has 0 spiro atoms. The average molecular weight is 486 g/mol. The van der Waals surface area contributed by atoms with E-state index < -0.39 is 29.9 Å². The van der Waals surface area contributed by atoms with Gasteiger partial charge in [0, 0.05) is 22.2 Å². The van der Waals surface area contributed by atoms with E-state index in [-0.39, 0.29) is 11.6 Å². The highest BCUT2D eigenvalue weighted by Crippen LogP contribution is 2.35. The Morgan fingerprint density at radius 3 is 2.48 bits per heavy atom. The second-order valence-electron chi connectivity index (χ2n) is 7.89. The minimum absolute atomic E-state index is 0.199. The van der Waals surface area contributed by atoms with Crippen molar-refractivity contribution >= 4 is 41.0 Å². The van der Waals surface area contributed by atoms with Crippen LogP contribution in [0.15, 0.2) is 71.3 Å². The van der Waals surface area contributed by atoms with Crippen molar-refractivity contribution in [1.29, 1.82) is 0 Å². The molecule has 1 unspecified atom stereocenters. The van der Waals surface area contributed by atoms with Crippen molar-refractivity contribution in [3.63, 3.8) is 0 Å². The van der Waals surface area contributed by atoms with Gasteiger partial charge in [-0.1, -0.05) is 59.6 Å². The molecule has 7 nitrogen and oxygen atoms in total. The molecule has 1 N–H and O–H groups in total. The number of carbonyl (C=O) groups excluding carboxylic acids is 3. The Hall–Kier alpha value is -3.29. The third-order valence-electron chi connectivity index (χ3n) is 5.53. The maximum atomic E-state index is 13.3. The van der Waals surface area contributed by atoms with Crippen LogP contribution in [0.5, 0.6) is 0 Å². The summed E-state index contributed by atoms with van der Waals surface area (Å²) in [6.45, 7) is 1.63. The molecule has 4 rings (SSSR count). The lowest BCUT2D eigenvalue weighted by molar-refractivity contribution is -0.139. The summed E-state index contributed by atoms with van der Waals surface area (Å²) in [5.74, 6) is -0.373. The first-order chi connectivity index (χ1) is 15.8. The number of halogens is 2. The Balaban J connectivity index is 1.55. The Morgan fingerprint density at radius 2 is 1.82 bits per heavy atom. The van der Waals surface area contributed by atoms with Gasteiger partial charge in [0.25, 0.3) is 5.91 Å². The van der Waals surface area contributed by atoms with Gasteiger partial charge in [0.1, 0.15) is 17.8 Å². The summed E-state index contributed by atoms with van der Waals surface area (Å²) in [5.41, 5.74) is -0.101. The fourth-order valence-corrected chi connectivity index (χ4v) is 4.38. The van der Waals surface area contributed by atoms with E-state index >= 15 is 0 Å². The molecule has 0 bridgehead atoms. The summed E-state index contributed by atoms with van der Waals surface area (Å²) in [6, 6.07) is 17.0. The monoisotopic (exact) mass is 485 g/mol. The number of furan rings is 1. The van der Waals surface area contributed by atoms with Crippen LogP contribution in [0, 0.1) is 0 Å². The average Bonchev–Trinajstić information content (AvgIpc) is 3.36. The highest BCUT2D eigenvalue weighted by molar-refractivity contribution is 6.35. The fourth-order valence-electron chi connectivity index (χ4n) is 3.78. The predicted octanol–water partition coefficient (Wildman–Crippen LogP) is 4.58. The van der Waals surface area contributed by atoms with Crippen LogP contribution < -0.4 is 5.32 Å². The van der Waals surface area contributed by atoms with E-state index in [2.05, 4.69) is 5.32 Å². The van der Waals surface area contributed by atoms with Gasteiger partial charge >= 0.3 is 6.03 Å². The fraction of sp³-hybridized carbons (Fsp3) is 0.208. The van der Waals surface area contributed by atoms with E-state index in [0.29, 0.717) is 22.9 Å². The highest BCUT2D eigenvalue weighted by atomic mass is 35.5. The lowest BCUT2D eigenvalue weighted by Crippen LogP contribution is -2.44. The largest absolute Gasteiger partial charge is 0.467 e. The van der Waals surface area contributed by atoms with E-state index in [4.69, 9.17) is 27.6 Å². The zero-order chi connectivity index (χ0) is 23.6. The van der Waals surface area contributed by atoms with E-state index in [1.807, 2.05) is 30.3 Å². The van der Waals surface area contributed by atoms with Crippen LogP contribution in [0.4, 0.5) is 4.79 Å². The van der Waals surface area contributed by atoms with Gasteiger partial charge in [-0.2, -0.15) is 0 Å². The Bertz CT molecular complexity index is 1180. The molecule has 1 fully saturated rings. The number of hydrogen-bond donors (Lipinski definition) is 1. The van der Waals surface area contributed by atoms with Gasteiger partial charge in [-0.15, -0.1) is 0 Å². The van der Waals surface area contributed by atoms with Gasteiger partial charge in [-0.25, -0.2) is 4.79 Å². The highest BCUT2D eigenvalue weighted by Gasteiger charge is 2.50. The number of carbonyl (C=O) groups is 3. The van der Waals surface area contributed by atoms with E-state index in [1.54, 1.807) is 36.1 Å². The van der Waals surface area contributed by atoms with Crippen molar-refractivity contribution in [3.05, 3.63) is 93.9 Å². The quantitative estimate of drug-likeness (QED) is 0.496.